The van der Waals surface area contributed by atoms with Gasteiger partial charge in [-0.3, -0.25) is 0 Å². The van der Waals surface area contributed by atoms with Crippen molar-refractivity contribution < 1.29 is 0 Å². The van der Waals surface area contributed by atoms with Gasteiger partial charge < -0.3 is 9.88 Å². The van der Waals surface area contributed by atoms with Gasteiger partial charge in [0.15, 0.2) is 0 Å². The summed E-state index contributed by atoms with van der Waals surface area (Å²) in [7, 11) is 3.97. The molecule has 3 aromatic rings. The van der Waals surface area contributed by atoms with Crippen LogP contribution < -0.4 is 5.32 Å². The third-order valence-electron chi connectivity index (χ3n) is 3.35. The number of imidazole rings is 1. The lowest BCUT2D eigenvalue weighted by molar-refractivity contribution is 0.957. The van der Waals surface area contributed by atoms with E-state index in [9.17, 15) is 0 Å². The fourth-order valence-corrected chi connectivity index (χ4v) is 3.08. The molecule has 0 radical (unpaired) electrons. The minimum atomic E-state index is 0.969. The molecule has 0 aliphatic rings. The Hall–Kier alpha value is -1.88. The highest BCUT2D eigenvalue weighted by Crippen LogP contribution is 2.35. The molecule has 19 heavy (non-hydrogen) atoms. The highest BCUT2D eigenvalue weighted by Gasteiger charge is 2.18. The molecule has 5 heteroatoms. The van der Waals surface area contributed by atoms with Crippen molar-refractivity contribution in [1.29, 1.82) is 0 Å². The predicted octanol–water partition coefficient (Wildman–Crippen LogP) is 3.36. The van der Waals surface area contributed by atoms with Crippen molar-refractivity contribution in [1.82, 2.24) is 13.9 Å². The summed E-state index contributed by atoms with van der Waals surface area (Å²) in [6, 6.07) is 6.36. The smallest absolute Gasteiger partial charge is 0.145 e. The third kappa shape index (κ3) is 1.81. The molecule has 0 aliphatic carbocycles. The summed E-state index contributed by atoms with van der Waals surface area (Å²) >= 11 is 1.48. The van der Waals surface area contributed by atoms with Gasteiger partial charge in [0.1, 0.15) is 10.8 Å². The number of rotatable bonds is 2. The van der Waals surface area contributed by atoms with Crippen molar-refractivity contribution >= 4 is 27.6 Å². The quantitative estimate of drug-likeness (QED) is 0.778. The number of fused-ring (bicyclic) bond motifs is 1. The van der Waals surface area contributed by atoms with Gasteiger partial charge in [0.25, 0.3) is 0 Å². The Morgan fingerprint density at radius 2 is 2.05 bits per heavy atom. The number of nitrogens with zero attached hydrogens (tertiary/aromatic N) is 3. The van der Waals surface area contributed by atoms with Crippen molar-refractivity contribution in [3.05, 3.63) is 29.5 Å². The van der Waals surface area contributed by atoms with Crippen LogP contribution in [0.1, 0.15) is 11.3 Å². The minimum Gasteiger partial charge on any atom is -0.378 e. The van der Waals surface area contributed by atoms with E-state index in [1.807, 2.05) is 14.0 Å². The van der Waals surface area contributed by atoms with Gasteiger partial charge in [-0.1, -0.05) is 6.07 Å². The normalized spacial score (nSPS) is 11.2. The summed E-state index contributed by atoms with van der Waals surface area (Å²) in [5.74, 6) is 0.969. The van der Waals surface area contributed by atoms with Crippen molar-refractivity contribution in [3.8, 4) is 11.4 Å². The molecule has 0 fully saturated rings. The molecule has 0 bridgehead atoms. The van der Waals surface area contributed by atoms with E-state index >= 15 is 0 Å². The van der Waals surface area contributed by atoms with E-state index in [1.165, 1.54) is 17.1 Å². The highest BCUT2D eigenvalue weighted by molar-refractivity contribution is 7.10. The Bertz CT molecular complexity index is 754. The maximum absolute atomic E-state index is 4.77. The maximum atomic E-state index is 4.77. The van der Waals surface area contributed by atoms with E-state index in [-0.39, 0.29) is 0 Å². The van der Waals surface area contributed by atoms with Gasteiger partial charge in [-0.25, -0.2) is 4.98 Å². The van der Waals surface area contributed by atoms with Crippen molar-refractivity contribution in [2.75, 3.05) is 12.4 Å². The second-order valence-corrected chi connectivity index (χ2v) is 5.48. The zero-order valence-corrected chi connectivity index (χ0v) is 12.3. The monoisotopic (exact) mass is 272 g/mol. The molecule has 2 heterocycles. The Labute approximate surface area is 116 Å². The fourth-order valence-electron chi connectivity index (χ4n) is 2.34. The van der Waals surface area contributed by atoms with E-state index in [0.29, 0.717) is 0 Å². The van der Waals surface area contributed by atoms with Gasteiger partial charge in [-0.05, 0) is 43.1 Å². The van der Waals surface area contributed by atoms with Crippen LogP contribution in [0.4, 0.5) is 5.00 Å². The number of hydrogen-bond donors (Lipinski definition) is 1. The van der Waals surface area contributed by atoms with Gasteiger partial charge in [0.2, 0.25) is 0 Å². The number of anilines is 1. The largest absolute Gasteiger partial charge is 0.378 e. The van der Waals surface area contributed by atoms with Crippen LogP contribution in [-0.2, 0) is 7.05 Å². The first-order valence-electron chi connectivity index (χ1n) is 6.19. The summed E-state index contributed by atoms with van der Waals surface area (Å²) in [5.41, 5.74) is 5.53. The second-order valence-electron chi connectivity index (χ2n) is 4.71. The number of aromatic nitrogens is 3. The first-order valence-corrected chi connectivity index (χ1v) is 6.96. The molecular formula is C14H16N4S. The van der Waals surface area contributed by atoms with E-state index < -0.39 is 0 Å². The van der Waals surface area contributed by atoms with Crippen molar-refractivity contribution in [3.63, 3.8) is 0 Å². The molecule has 3 rings (SSSR count). The molecule has 0 atom stereocenters. The average molecular weight is 272 g/mol. The van der Waals surface area contributed by atoms with Crippen molar-refractivity contribution in [2.45, 2.75) is 13.8 Å². The summed E-state index contributed by atoms with van der Waals surface area (Å²) in [6.07, 6.45) is 0. The van der Waals surface area contributed by atoms with Crippen LogP contribution in [0.25, 0.3) is 22.4 Å². The Morgan fingerprint density at radius 3 is 2.79 bits per heavy atom. The first-order chi connectivity index (χ1) is 9.11. The molecule has 98 valence electrons. The second kappa shape index (κ2) is 4.35. The van der Waals surface area contributed by atoms with Gasteiger partial charge in [0.05, 0.1) is 22.3 Å². The highest BCUT2D eigenvalue weighted by atomic mass is 32.1. The van der Waals surface area contributed by atoms with Gasteiger partial charge in [-0.2, -0.15) is 4.37 Å². The Morgan fingerprint density at radius 1 is 1.26 bits per heavy atom. The lowest BCUT2D eigenvalue weighted by atomic mass is 10.2. The molecule has 0 spiro atoms. The minimum absolute atomic E-state index is 0.969. The summed E-state index contributed by atoms with van der Waals surface area (Å²) in [5, 5.41) is 4.26. The molecule has 0 saturated carbocycles. The third-order valence-corrected chi connectivity index (χ3v) is 4.31. The lowest BCUT2D eigenvalue weighted by Gasteiger charge is -2.04. The molecule has 0 unspecified atom stereocenters. The van der Waals surface area contributed by atoms with Crippen LogP contribution in [0, 0.1) is 13.8 Å². The molecule has 2 aromatic heterocycles. The van der Waals surface area contributed by atoms with E-state index in [1.54, 1.807) is 0 Å². The number of hydrogen-bond acceptors (Lipinski definition) is 4. The molecule has 0 saturated heterocycles. The van der Waals surface area contributed by atoms with Crippen LogP contribution in [-0.4, -0.2) is 21.0 Å². The summed E-state index contributed by atoms with van der Waals surface area (Å²) in [4.78, 5) is 4.77. The van der Waals surface area contributed by atoms with E-state index in [0.717, 1.165) is 33.1 Å². The maximum Gasteiger partial charge on any atom is 0.145 e. The van der Waals surface area contributed by atoms with Crippen molar-refractivity contribution in [2.24, 2.45) is 7.05 Å². The van der Waals surface area contributed by atoms with Gasteiger partial charge in [0, 0.05) is 14.1 Å². The summed E-state index contributed by atoms with van der Waals surface area (Å²) in [6.45, 7) is 4.11. The average Bonchev–Trinajstić information content (AvgIpc) is 2.90. The van der Waals surface area contributed by atoms with Crippen LogP contribution in [0.3, 0.4) is 0 Å². The van der Waals surface area contributed by atoms with Gasteiger partial charge >= 0.3 is 0 Å². The number of aryl methyl sites for hydroxylation is 3. The fraction of sp³-hybridized carbons (Fsp3) is 0.286. The SMILES string of the molecule is CNc1snc(C)c1-c1nc2cc(C)ccc2n1C. The molecular weight excluding hydrogens is 256 g/mol. The van der Waals surface area contributed by atoms with Crippen LogP contribution in [0.15, 0.2) is 18.2 Å². The molecule has 1 N–H and O–H groups in total. The van der Waals surface area contributed by atoms with E-state index in [4.69, 9.17) is 4.98 Å². The van der Waals surface area contributed by atoms with Crippen LogP contribution in [0.5, 0.6) is 0 Å². The standard InChI is InChI=1S/C14H16N4S/c1-8-5-6-11-10(7-8)16-13(18(11)4)12-9(2)17-19-14(12)15-3/h5-7,15H,1-4H3. The molecule has 0 amide bonds. The topological polar surface area (TPSA) is 42.7 Å². The number of benzene rings is 1. The zero-order valence-electron chi connectivity index (χ0n) is 11.5. The molecule has 0 aliphatic heterocycles. The summed E-state index contributed by atoms with van der Waals surface area (Å²) < 4.78 is 6.55. The molecule has 1 aromatic carbocycles. The lowest BCUT2D eigenvalue weighted by Crippen LogP contribution is -1.96. The zero-order chi connectivity index (χ0) is 13.6. The van der Waals surface area contributed by atoms with Gasteiger partial charge in [-0.15, -0.1) is 0 Å². The first kappa shape index (κ1) is 12.2. The number of nitrogens with one attached hydrogen (secondary N) is 1. The molecule has 4 nitrogen and oxygen atoms in total. The Kier molecular flexibility index (Phi) is 2.78. The predicted molar refractivity (Wildman–Crippen MR) is 80.8 cm³/mol. The Balaban J connectivity index is 2.31. The van der Waals surface area contributed by atoms with Crippen LogP contribution >= 0.6 is 11.5 Å². The van der Waals surface area contributed by atoms with Crippen LogP contribution in [0.2, 0.25) is 0 Å². The van der Waals surface area contributed by atoms with E-state index in [2.05, 4.69) is 46.4 Å².